The van der Waals surface area contributed by atoms with Crippen molar-refractivity contribution in [3.63, 3.8) is 0 Å². The fourth-order valence-corrected chi connectivity index (χ4v) is 2.68. The molecular weight excluding hydrogens is 226 g/mol. The second kappa shape index (κ2) is 5.80. The van der Waals surface area contributed by atoms with E-state index in [2.05, 4.69) is 41.3 Å². The molecule has 1 N–H and O–H groups in total. The second-order valence-corrected chi connectivity index (χ2v) is 5.91. The van der Waals surface area contributed by atoms with Gasteiger partial charge in [0.2, 0.25) is 0 Å². The molecule has 0 bridgehead atoms. The van der Waals surface area contributed by atoms with E-state index in [1.165, 1.54) is 6.42 Å². The van der Waals surface area contributed by atoms with E-state index < -0.39 is 0 Å². The van der Waals surface area contributed by atoms with E-state index >= 15 is 0 Å². The number of hydrogen-bond acceptors (Lipinski definition) is 4. The predicted octanol–water partition coefficient (Wildman–Crippen LogP) is 1.02. The quantitative estimate of drug-likeness (QED) is 0.868. The van der Waals surface area contributed by atoms with Crippen molar-refractivity contribution in [2.24, 2.45) is 13.0 Å². The Balaban J connectivity index is 2.00. The van der Waals surface area contributed by atoms with Crippen LogP contribution in [0.3, 0.4) is 0 Å². The zero-order chi connectivity index (χ0) is 13.1. The van der Waals surface area contributed by atoms with E-state index in [9.17, 15) is 0 Å². The molecule has 1 fully saturated rings. The second-order valence-electron chi connectivity index (χ2n) is 5.91. The lowest BCUT2D eigenvalue weighted by Gasteiger charge is -2.39. The van der Waals surface area contributed by atoms with E-state index in [1.54, 1.807) is 4.68 Å². The lowest BCUT2D eigenvalue weighted by Crippen LogP contribution is -2.55. The van der Waals surface area contributed by atoms with Crippen LogP contribution in [0.2, 0.25) is 0 Å². The molecule has 2 rings (SSSR count). The van der Waals surface area contributed by atoms with Crippen molar-refractivity contribution < 1.29 is 0 Å². The number of piperazine rings is 1. The van der Waals surface area contributed by atoms with Crippen LogP contribution in [0.4, 0.5) is 0 Å². The van der Waals surface area contributed by atoms with E-state index in [-0.39, 0.29) is 0 Å². The van der Waals surface area contributed by atoms with Gasteiger partial charge in [0.1, 0.15) is 0 Å². The minimum atomic E-state index is 0.560. The Kier molecular flexibility index (Phi) is 4.35. The topological polar surface area (TPSA) is 46.0 Å². The molecule has 2 unspecified atom stereocenters. The van der Waals surface area contributed by atoms with Gasteiger partial charge in [0.15, 0.2) is 0 Å². The smallest absolute Gasteiger partial charge is 0.0967 e. The Hall–Kier alpha value is -0.940. The molecule has 18 heavy (non-hydrogen) atoms. The third-order valence-corrected chi connectivity index (χ3v) is 3.49. The maximum Gasteiger partial charge on any atom is 0.0967 e. The van der Waals surface area contributed by atoms with E-state index in [0.717, 1.165) is 31.2 Å². The molecule has 2 heterocycles. The predicted molar refractivity (Wildman–Crippen MR) is 72.1 cm³/mol. The Bertz CT molecular complexity index is 373. The molecule has 0 amide bonds. The Labute approximate surface area is 110 Å². The maximum absolute atomic E-state index is 4.20. The third-order valence-electron chi connectivity index (χ3n) is 3.49. The van der Waals surface area contributed by atoms with Crippen molar-refractivity contribution in [2.75, 3.05) is 13.1 Å². The van der Waals surface area contributed by atoms with Crippen molar-refractivity contribution in [1.82, 2.24) is 25.2 Å². The fourth-order valence-electron chi connectivity index (χ4n) is 2.68. The summed E-state index contributed by atoms with van der Waals surface area (Å²) in [6.45, 7) is 9.91. The van der Waals surface area contributed by atoms with Crippen LogP contribution in [0.5, 0.6) is 0 Å². The number of aryl methyl sites for hydroxylation is 1. The van der Waals surface area contributed by atoms with Crippen molar-refractivity contribution in [1.29, 1.82) is 0 Å². The van der Waals surface area contributed by atoms with Crippen molar-refractivity contribution in [3.8, 4) is 0 Å². The highest BCUT2D eigenvalue weighted by Crippen LogP contribution is 2.17. The highest BCUT2D eigenvalue weighted by molar-refractivity contribution is 4.95. The Morgan fingerprint density at radius 1 is 1.50 bits per heavy atom. The Morgan fingerprint density at radius 3 is 2.89 bits per heavy atom. The number of nitrogens with zero attached hydrogens (tertiary/aromatic N) is 4. The number of hydrogen-bond donors (Lipinski definition) is 1. The summed E-state index contributed by atoms with van der Waals surface area (Å²) in [5.41, 5.74) is 1.07. The van der Waals surface area contributed by atoms with Crippen LogP contribution < -0.4 is 5.32 Å². The van der Waals surface area contributed by atoms with Crippen LogP contribution in [0.15, 0.2) is 6.20 Å². The van der Waals surface area contributed by atoms with Gasteiger partial charge in [0, 0.05) is 45.0 Å². The van der Waals surface area contributed by atoms with Gasteiger partial charge in [0.25, 0.3) is 0 Å². The van der Waals surface area contributed by atoms with Gasteiger partial charge in [-0.3, -0.25) is 9.58 Å². The molecule has 0 aromatic carbocycles. The van der Waals surface area contributed by atoms with Crippen molar-refractivity contribution in [2.45, 2.75) is 45.8 Å². The summed E-state index contributed by atoms with van der Waals surface area (Å²) in [4.78, 5) is 2.55. The third kappa shape index (κ3) is 3.53. The molecule has 1 saturated heterocycles. The highest BCUT2D eigenvalue weighted by atomic mass is 15.4. The van der Waals surface area contributed by atoms with Gasteiger partial charge in [-0.2, -0.15) is 0 Å². The molecule has 1 aliphatic rings. The summed E-state index contributed by atoms with van der Waals surface area (Å²) in [6.07, 6.45) is 3.25. The first kappa shape index (κ1) is 13.5. The van der Waals surface area contributed by atoms with Crippen LogP contribution in [0, 0.1) is 5.92 Å². The van der Waals surface area contributed by atoms with Gasteiger partial charge in [-0.1, -0.05) is 19.1 Å². The molecule has 2 atom stereocenters. The van der Waals surface area contributed by atoms with Crippen LogP contribution >= 0.6 is 0 Å². The molecule has 0 spiro atoms. The minimum Gasteiger partial charge on any atom is -0.311 e. The molecule has 0 aliphatic carbocycles. The standard InChI is InChI=1S/C13H25N5/c1-10(2)5-13-6-14-11(3)7-18(13)9-12-8-17(4)16-15-12/h8,10-11,13-14H,5-7,9H2,1-4H3. The molecule has 0 radical (unpaired) electrons. The van der Waals surface area contributed by atoms with Crippen LogP contribution in [0.1, 0.15) is 32.9 Å². The molecule has 102 valence electrons. The molecular formula is C13H25N5. The van der Waals surface area contributed by atoms with Crippen molar-refractivity contribution >= 4 is 0 Å². The largest absolute Gasteiger partial charge is 0.311 e. The first-order valence-corrected chi connectivity index (χ1v) is 6.87. The molecule has 5 heteroatoms. The van der Waals surface area contributed by atoms with Crippen LogP contribution in [0.25, 0.3) is 0 Å². The average Bonchev–Trinajstić information content (AvgIpc) is 2.67. The summed E-state index contributed by atoms with van der Waals surface area (Å²) < 4.78 is 1.78. The van der Waals surface area contributed by atoms with Gasteiger partial charge in [-0.25, -0.2) is 0 Å². The fraction of sp³-hybridized carbons (Fsp3) is 0.846. The molecule has 1 aromatic rings. The lowest BCUT2D eigenvalue weighted by molar-refractivity contribution is 0.110. The minimum absolute atomic E-state index is 0.560. The zero-order valence-electron chi connectivity index (χ0n) is 11.9. The first-order chi connectivity index (χ1) is 8.54. The Morgan fingerprint density at radius 2 is 2.28 bits per heavy atom. The molecule has 0 saturated carbocycles. The van der Waals surface area contributed by atoms with Crippen LogP contribution in [-0.4, -0.2) is 45.1 Å². The molecule has 5 nitrogen and oxygen atoms in total. The van der Waals surface area contributed by atoms with Gasteiger partial charge < -0.3 is 5.32 Å². The van der Waals surface area contributed by atoms with Gasteiger partial charge in [-0.05, 0) is 19.3 Å². The lowest BCUT2D eigenvalue weighted by atomic mass is 9.99. The normalized spacial score (nSPS) is 25.8. The van der Waals surface area contributed by atoms with E-state index in [0.29, 0.717) is 12.1 Å². The monoisotopic (exact) mass is 251 g/mol. The summed E-state index contributed by atoms with van der Waals surface area (Å²) in [7, 11) is 1.92. The van der Waals surface area contributed by atoms with Gasteiger partial charge in [-0.15, -0.1) is 5.10 Å². The van der Waals surface area contributed by atoms with E-state index in [1.807, 2.05) is 13.2 Å². The van der Waals surface area contributed by atoms with Crippen LogP contribution in [-0.2, 0) is 13.6 Å². The zero-order valence-corrected chi connectivity index (χ0v) is 11.9. The summed E-state index contributed by atoms with van der Waals surface area (Å²) >= 11 is 0. The number of aromatic nitrogens is 3. The van der Waals surface area contributed by atoms with Gasteiger partial charge >= 0.3 is 0 Å². The van der Waals surface area contributed by atoms with Gasteiger partial charge in [0.05, 0.1) is 5.69 Å². The maximum atomic E-state index is 4.20. The number of nitrogens with one attached hydrogen (secondary N) is 1. The molecule has 1 aliphatic heterocycles. The number of rotatable bonds is 4. The molecule has 1 aromatic heterocycles. The summed E-state index contributed by atoms with van der Waals surface area (Å²) in [5.74, 6) is 0.731. The first-order valence-electron chi connectivity index (χ1n) is 6.87. The average molecular weight is 251 g/mol. The van der Waals surface area contributed by atoms with Crippen molar-refractivity contribution in [3.05, 3.63) is 11.9 Å². The summed E-state index contributed by atoms with van der Waals surface area (Å²) in [6, 6.07) is 1.17. The SMILES string of the molecule is CC(C)CC1CNC(C)CN1Cc1cn(C)nn1. The van der Waals surface area contributed by atoms with E-state index in [4.69, 9.17) is 0 Å². The highest BCUT2D eigenvalue weighted by Gasteiger charge is 2.26. The summed E-state index contributed by atoms with van der Waals surface area (Å²) in [5, 5.41) is 11.8.